The molecule has 1 atom stereocenters. The van der Waals surface area contributed by atoms with Gasteiger partial charge in [0, 0.05) is 12.6 Å². The highest BCUT2D eigenvalue weighted by Gasteiger charge is 2.20. The maximum atomic E-state index is 5.99. The zero-order chi connectivity index (χ0) is 13.5. The zero-order valence-corrected chi connectivity index (χ0v) is 12.0. The third-order valence-electron chi connectivity index (χ3n) is 3.91. The van der Waals surface area contributed by atoms with Crippen LogP contribution in [0.3, 0.4) is 0 Å². The topological polar surface area (TPSA) is 38.5 Å². The van der Waals surface area contributed by atoms with E-state index in [0.29, 0.717) is 12.6 Å². The molecule has 1 saturated heterocycles. The molecule has 3 heteroatoms. The molecular formula is C16H26N2O. The summed E-state index contributed by atoms with van der Waals surface area (Å²) in [4.78, 5) is 2.55. The molecule has 1 aliphatic heterocycles. The molecule has 1 aliphatic rings. The van der Waals surface area contributed by atoms with Gasteiger partial charge in [-0.25, -0.2) is 0 Å². The van der Waals surface area contributed by atoms with Crippen LogP contribution in [-0.4, -0.2) is 37.2 Å². The Hall–Kier alpha value is -1.06. The van der Waals surface area contributed by atoms with Crippen molar-refractivity contribution in [3.05, 3.63) is 29.8 Å². The van der Waals surface area contributed by atoms with Gasteiger partial charge >= 0.3 is 0 Å². The van der Waals surface area contributed by atoms with Gasteiger partial charge in [0.25, 0.3) is 0 Å². The number of nitrogens with zero attached hydrogens (tertiary/aromatic N) is 1. The molecule has 19 heavy (non-hydrogen) atoms. The lowest BCUT2D eigenvalue weighted by Crippen LogP contribution is -2.44. The summed E-state index contributed by atoms with van der Waals surface area (Å²) in [5.74, 6) is 1.01. The molecule has 0 saturated carbocycles. The van der Waals surface area contributed by atoms with Gasteiger partial charge in [-0.3, -0.25) is 4.90 Å². The third-order valence-corrected chi connectivity index (χ3v) is 3.91. The molecule has 1 fully saturated rings. The Balaban J connectivity index is 2.04. The first-order valence-corrected chi connectivity index (χ1v) is 7.50. The number of hydrogen-bond donors (Lipinski definition) is 1. The maximum Gasteiger partial charge on any atom is 0.122 e. The van der Waals surface area contributed by atoms with E-state index in [1.54, 1.807) is 0 Å². The quantitative estimate of drug-likeness (QED) is 0.856. The number of hydrogen-bond acceptors (Lipinski definition) is 3. The van der Waals surface area contributed by atoms with Crippen molar-refractivity contribution < 1.29 is 4.74 Å². The van der Waals surface area contributed by atoms with Gasteiger partial charge in [-0.2, -0.15) is 0 Å². The van der Waals surface area contributed by atoms with Gasteiger partial charge in [0.2, 0.25) is 0 Å². The lowest BCUT2D eigenvalue weighted by Gasteiger charge is -2.34. The van der Waals surface area contributed by atoms with E-state index in [2.05, 4.69) is 23.1 Å². The van der Waals surface area contributed by atoms with E-state index in [1.165, 1.54) is 37.9 Å². The lowest BCUT2D eigenvalue weighted by molar-refractivity contribution is 0.165. The molecule has 0 bridgehead atoms. The van der Waals surface area contributed by atoms with Crippen LogP contribution >= 0.6 is 0 Å². The van der Waals surface area contributed by atoms with Gasteiger partial charge in [-0.1, -0.05) is 24.6 Å². The summed E-state index contributed by atoms with van der Waals surface area (Å²) in [6.45, 7) is 5.85. The van der Waals surface area contributed by atoms with Gasteiger partial charge < -0.3 is 10.5 Å². The number of nitrogens with two attached hydrogens (primary N) is 1. The van der Waals surface area contributed by atoms with E-state index in [-0.39, 0.29) is 0 Å². The van der Waals surface area contributed by atoms with Crippen molar-refractivity contribution in [2.24, 2.45) is 5.73 Å². The Labute approximate surface area is 116 Å². The van der Waals surface area contributed by atoms with Gasteiger partial charge in [0.05, 0.1) is 6.61 Å². The highest BCUT2D eigenvalue weighted by molar-refractivity contribution is 5.34. The molecule has 1 heterocycles. The lowest BCUT2D eigenvalue weighted by atomic mass is 10.0. The summed E-state index contributed by atoms with van der Waals surface area (Å²) < 4.78 is 5.71. The molecule has 1 aromatic carbocycles. The van der Waals surface area contributed by atoms with E-state index in [9.17, 15) is 0 Å². The summed E-state index contributed by atoms with van der Waals surface area (Å²) in [6.07, 6.45) is 4.98. The molecule has 3 nitrogen and oxygen atoms in total. The predicted octanol–water partition coefficient (Wildman–Crippen LogP) is 2.44. The average Bonchev–Trinajstić information content (AvgIpc) is 2.47. The molecule has 0 aliphatic carbocycles. The second-order valence-electron chi connectivity index (χ2n) is 5.23. The van der Waals surface area contributed by atoms with Crippen molar-refractivity contribution in [1.29, 1.82) is 0 Å². The molecule has 2 N–H and O–H groups in total. The zero-order valence-electron chi connectivity index (χ0n) is 12.0. The fourth-order valence-corrected chi connectivity index (χ4v) is 2.87. The van der Waals surface area contributed by atoms with Crippen LogP contribution in [-0.2, 0) is 6.42 Å². The largest absolute Gasteiger partial charge is 0.494 e. The minimum Gasteiger partial charge on any atom is -0.494 e. The first-order valence-electron chi connectivity index (χ1n) is 7.50. The van der Waals surface area contributed by atoms with Gasteiger partial charge in [0.1, 0.15) is 5.75 Å². The van der Waals surface area contributed by atoms with E-state index >= 15 is 0 Å². The summed E-state index contributed by atoms with van der Waals surface area (Å²) in [7, 11) is 0. The van der Waals surface area contributed by atoms with E-state index in [0.717, 1.165) is 18.7 Å². The Morgan fingerprint density at radius 1 is 1.21 bits per heavy atom. The van der Waals surface area contributed by atoms with E-state index in [4.69, 9.17) is 10.5 Å². The van der Waals surface area contributed by atoms with Crippen molar-refractivity contribution in [3.63, 3.8) is 0 Å². The third kappa shape index (κ3) is 3.95. The highest BCUT2D eigenvalue weighted by atomic mass is 16.5. The van der Waals surface area contributed by atoms with Crippen LogP contribution in [0.2, 0.25) is 0 Å². The second-order valence-corrected chi connectivity index (χ2v) is 5.23. The smallest absolute Gasteiger partial charge is 0.122 e. The van der Waals surface area contributed by atoms with Crippen LogP contribution in [0.4, 0.5) is 0 Å². The molecule has 1 unspecified atom stereocenters. The Morgan fingerprint density at radius 3 is 2.63 bits per heavy atom. The molecule has 0 amide bonds. The molecule has 0 spiro atoms. The van der Waals surface area contributed by atoms with Gasteiger partial charge in [0.15, 0.2) is 0 Å². The van der Waals surface area contributed by atoms with Crippen LogP contribution in [0, 0.1) is 0 Å². The second kappa shape index (κ2) is 7.51. The molecular weight excluding hydrogens is 236 g/mol. The molecule has 106 valence electrons. The number of benzene rings is 1. The fraction of sp³-hybridized carbons (Fsp3) is 0.625. The molecule has 0 aromatic heterocycles. The molecule has 2 rings (SSSR count). The number of piperidine rings is 1. The van der Waals surface area contributed by atoms with Crippen molar-refractivity contribution in [2.75, 3.05) is 26.2 Å². The summed E-state index contributed by atoms with van der Waals surface area (Å²) in [6, 6.07) is 8.79. The number of para-hydroxylation sites is 1. The Bertz CT molecular complexity index is 375. The summed E-state index contributed by atoms with van der Waals surface area (Å²) in [5.41, 5.74) is 7.28. The Kier molecular flexibility index (Phi) is 5.67. The highest BCUT2D eigenvalue weighted by Crippen LogP contribution is 2.22. The predicted molar refractivity (Wildman–Crippen MR) is 79.6 cm³/mol. The first kappa shape index (κ1) is 14.4. The van der Waals surface area contributed by atoms with Crippen LogP contribution < -0.4 is 10.5 Å². The minimum atomic E-state index is 0.446. The van der Waals surface area contributed by atoms with Crippen molar-refractivity contribution in [2.45, 2.75) is 38.6 Å². The minimum absolute atomic E-state index is 0.446. The summed E-state index contributed by atoms with van der Waals surface area (Å²) >= 11 is 0. The number of likely N-dealkylation sites (tertiary alicyclic amines) is 1. The first-order chi connectivity index (χ1) is 9.35. The van der Waals surface area contributed by atoms with E-state index in [1.807, 2.05) is 13.0 Å². The van der Waals surface area contributed by atoms with Gasteiger partial charge in [-0.05, 0) is 50.9 Å². The number of ether oxygens (including phenoxy) is 1. The van der Waals surface area contributed by atoms with E-state index < -0.39 is 0 Å². The van der Waals surface area contributed by atoms with Crippen LogP contribution in [0.5, 0.6) is 5.75 Å². The molecule has 1 aromatic rings. The van der Waals surface area contributed by atoms with Crippen LogP contribution in [0.1, 0.15) is 31.7 Å². The van der Waals surface area contributed by atoms with Crippen molar-refractivity contribution >= 4 is 0 Å². The van der Waals surface area contributed by atoms with Crippen molar-refractivity contribution in [1.82, 2.24) is 4.90 Å². The normalized spacial score (nSPS) is 18.2. The van der Waals surface area contributed by atoms with Crippen molar-refractivity contribution in [3.8, 4) is 5.75 Å². The van der Waals surface area contributed by atoms with Gasteiger partial charge in [-0.15, -0.1) is 0 Å². The standard InChI is InChI=1S/C16H26N2O/c1-2-19-16-9-5-4-8-14(16)12-15(13-17)18-10-6-3-7-11-18/h4-5,8-9,15H,2-3,6-7,10-13,17H2,1H3. The monoisotopic (exact) mass is 262 g/mol. The SMILES string of the molecule is CCOc1ccccc1CC(CN)N1CCCCC1. The Morgan fingerprint density at radius 2 is 1.95 bits per heavy atom. The maximum absolute atomic E-state index is 5.99. The van der Waals surface area contributed by atoms with Crippen LogP contribution in [0.15, 0.2) is 24.3 Å². The van der Waals surface area contributed by atoms with Crippen LogP contribution in [0.25, 0.3) is 0 Å². The number of rotatable bonds is 6. The fourth-order valence-electron chi connectivity index (χ4n) is 2.87. The average molecular weight is 262 g/mol. The molecule has 0 radical (unpaired) electrons. The summed E-state index contributed by atoms with van der Waals surface area (Å²) in [5, 5.41) is 0.